The monoisotopic (exact) mass is 284 g/mol. The molecule has 0 aromatic rings. The summed E-state index contributed by atoms with van der Waals surface area (Å²) in [6, 6.07) is 0.521. The van der Waals surface area contributed by atoms with Crippen molar-refractivity contribution in [2.24, 2.45) is 0 Å². The summed E-state index contributed by atoms with van der Waals surface area (Å²) in [5.74, 6) is 0. The van der Waals surface area contributed by atoms with Crippen LogP contribution in [0.15, 0.2) is 0 Å². The van der Waals surface area contributed by atoms with E-state index < -0.39 is 6.95 Å². The number of ether oxygens (including phenoxy) is 1. The van der Waals surface area contributed by atoms with E-state index in [1.54, 1.807) is 0 Å². The van der Waals surface area contributed by atoms with Gasteiger partial charge in [-0.3, -0.25) is 4.90 Å². The Morgan fingerprint density at radius 1 is 1.24 bits per heavy atom. The van der Waals surface area contributed by atoms with Crippen LogP contribution in [0.3, 0.4) is 0 Å². The standard InChI is InChI=1S/C9H18ClN2O4P/c10-17(13,14)16-12-3-1-9(2-4-12)11-5-7-15-8-6-11/h9H,1-8H2,(H,13,14). The Morgan fingerprint density at radius 3 is 2.35 bits per heavy atom. The first-order valence-electron chi connectivity index (χ1n) is 5.83. The van der Waals surface area contributed by atoms with Gasteiger partial charge < -0.3 is 9.63 Å². The van der Waals surface area contributed by atoms with Crippen LogP contribution in [-0.2, 0) is 13.9 Å². The van der Waals surface area contributed by atoms with Gasteiger partial charge in [0.2, 0.25) is 0 Å². The van der Waals surface area contributed by atoms with Crippen LogP contribution in [0.25, 0.3) is 0 Å². The first-order valence-corrected chi connectivity index (χ1v) is 8.32. The molecule has 100 valence electrons. The van der Waals surface area contributed by atoms with Crippen LogP contribution >= 0.6 is 18.2 Å². The van der Waals surface area contributed by atoms with E-state index in [9.17, 15) is 4.57 Å². The predicted molar refractivity (Wildman–Crippen MR) is 63.8 cm³/mol. The quantitative estimate of drug-likeness (QED) is 0.782. The third-order valence-corrected chi connectivity index (χ3v) is 3.82. The Morgan fingerprint density at radius 2 is 1.82 bits per heavy atom. The van der Waals surface area contributed by atoms with Crippen LogP contribution in [0.2, 0.25) is 0 Å². The third-order valence-electron chi connectivity index (χ3n) is 3.20. The van der Waals surface area contributed by atoms with Gasteiger partial charge in [0.25, 0.3) is 0 Å². The van der Waals surface area contributed by atoms with Crippen molar-refractivity contribution in [2.75, 3.05) is 39.4 Å². The molecule has 0 radical (unpaired) electrons. The summed E-state index contributed by atoms with van der Waals surface area (Å²) in [4.78, 5) is 11.3. The zero-order chi connectivity index (χ0) is 12.3. The Balaban J connectivity index is 1.75. The van der Waals surface area contributed by atoms with Crippen LogP contribution in [0.4, 0.5) is 0 Å². The molecule has 17 heavy (non-hydrogen) atoms. The Hall–Kier alpha value is 0.320. The van der Waals surface area contributed by atoms with Gasteiger partial charge in [-0.25, -0.2) is 9.19 Å². The van der Waals surface area contributed by atoms with Crippen LogP contribution in [0, 0.1) is 0 Å². The van der Waals surface area contributed by atoms with Gasteiger partial charge in [0.05, 0.1) is 13.2 Å². The molecule has 0 aromatic carbocycles. The average molecular weight is 285 g/mol. The van der Waals surface area contributed by atoms with Crippen molar-refractivity contribution in [1.82, 2.24) is 9.96 Å². The lowest BCUT2D eigenvalue weighted by Gasteiger charge is -2.39. The van der Waals surface area contributed by atoms with Gasteiger partial charge in [0, 0.05) is 43.5 Å². The highest BCUT2D eigenvalue weighted by molar-refractivity contribution is 7.80. The molecule has 0 amide bonds. The number of halogens is 1. The van der Waals surface area contributed by atoms with Gasteiger partial charge >= 0.3 is 6.95 Å². The fourth-order valence-corrected chi connectivity index (χ4v) is 3.08. The molecule has 2 aliphatic heterocycles. The van der Waals surface area contributed by atoms with E-state index >= 15 is 0 Å². The third kappa shape index (κ3) is 4.48. The second-order valence-corrected chi connectivity index (χ2v) is 6.69. The molecule has 2 saturated heterocycles. The zero-order valence-electron chi connectivity index (χ0n) is 9.63. The molecule has 2 heterocycles. The minimum absolute atomic E-state index is 0.521. The molecule has 1 unspecified atom stereocenters. The maximum atomic E-state index is 10.9. The number of piperidine rings is 1. The zero-order valence-corrected chi connectivity index (χ0v) is 11.3. The minimum Gasteiger partial charge on any atom is -0.379 e. The summed E-state index contributed by atoms with van der Waals surface area (Å²) in [7, 11) is 0. The second kappa shape index (κ2) is 5.97. The summed E-state index contributed by atoms with van der Waals surface area (Å²) in [5, 5.41) is 1.49. The molecule has 0 saturated carbocycles. The summed E-state index contributed by atoms with van der Waals surface area (Å²) < 4.78 is 21.0. The highest BCUT2D eigenvalue weighted by atomic mass is 35.7. The molecular formula is C9H18ClN2O4P. The Bertz CT molecular complexity index is 287. The lowest BCUT2D eigenvalue weighted by molar-refractivity contribution is -0.0963. The van der Waals surface area contributed by atoms with Crippen LogP contribution < -0.4 is 0 Å². The van der Waals surface area contributed by atoms with Crippen molar-refractivity contribution < 1.29 is 18.8 Å². The average Bonchev–Trinajstić information content (AvgIpc) is 2.29. The van der Waals surface area contributed by atoms with Crippen molar-refractivity contribution in [1.29, 1.82) is 0 Å². The molecular weight excluding hydrogens is 267 g/mol. The molecule has 1 atom stereocenters. The van der Waals surface area contributed by atoms with E-state index in [4.69, 9.17) is 25.5 Å². The summed E-state index contributed by atoms with van der Waals surface area (Å²) in [6.45, 7) is 0.890. The summed E-state index contributed by atoms with van der Waals surface area (Å²) in [5.41, 5.74) is 0. The Labute approximate surface area is 106 Å². The number of hydroxylamine groups is 2. The Kier molecular flexibility index (Phi) is 4.83. The van der Waals surface area contributed by atoms with E-state index in [1.165, 1.54) is 5.06 Å². The second-order valence-electron chi connectivity index (χ2n) is 4.34. The molecule has 1 N–H and O–H groups in total. The van der Waals surface area contributed by atoms with E-state index in [-0.39, 0.29) is 0 Å². The van der Waals surface area contributed by atoms with Crippen molar-refractivity contribution >= 4 is 18.2 Å². The number of nitrogens with zero attached hydrogens (tertiary/aromatic N) is 2. The largest absolute Gasteiger partial charge is 0.438 e. The lowest BCUT2D eigenvalue weighted by Crippen LogP contribution is -2.48. The van der Waals surface area contributed by atoms with Gasteiger partial charge in [-0.1, -0.05) is 0 Å². The van der Waals surface area contributed by atoms with Gasteiger partial charge in [0.15, 0.2) is 0 Å². The summed E-state index contributed by atoms with van der Waals surface area (Å²) in [6.07, 6.45) is 1.85. The lowest BCUT2D eigenvalue weighted by atomic mass is 10.0. The van der Waals surface area contributed by atoms with Crippen molar-refractivity contribution in [3.8, 4) is 0 Å². The topological polar surface area (TPSA) is 62.2 Å². The van der Waals surface area contributed by atoms with Gasteiger partial charge in [-0.05, 0) is 12.8 Å². The van der Waals surface area contributed by atoms with Gasteiger partial charge in [-0.2, -0.15) is 5.06 Å². The molecule has 6 nitrogen and oxygen atoms in total. The molecule has 0 spiro atoms. The van der Waals surface area contributed by atoms with Crippen molar-refractivity contribution in [3.05, 3.63) is 0 Å². The SMILES string of the molecule is O=P(O)(Cl)ON1CCC(N2CCOCC2)CC1. The molecule has 0 aromatic heterocycles. The van der Waals surface area contributed by atoms with Crippen LogP contribution in [0.1, 0.15) is 12.8 Å². The molecule has 2 aliphatic rings. The molecule has 8 heteroatoms. The van der Waals surface area contributed by atoms with Crippen molar-refractivity contribution in [3.63, 3.8) is 0 Å². The molecule has 0 bridgehead atoms. The van der Waals surface area contributed by atoms with Crippen molar-refractivity contribution in [2.45, 2.75) is 18.9 Å². The highest BCUT2D eigenvalue weighted by Crippen LogP contribution is 2.48. The van der Waals surface area contributed by atoms with E-state index in [2.05, 4.69) is 4.90 Å². The van der Waals surface area contributed by atoms with Gasteiger partial charge in [0.1, 0.15) is 0 Å². The normalized spacial score (nSPS) is 29.1. The highest BCUT2D eigenvalue weighted by Gasteiger charge is 2.29. The van der Waals surface area contributed by atoms with Gasteiger partial charge in [-0.15, -0.1) is 0 Å². The fraction of sp³-hybridized carbons (Fsp3) is 1.00. The smallest absolute Gasteiger partial charge is 0.379 e. The number of morpholine rings is 1. The number of hydrogen-bond acceptors (Lipinski definition) is 5. The predicted octanol–water partition coefficient (Wildman–Crippen LogP) is 1.05. The minimum atomic E-state index is -3.92. The number of hydrogen-bond donors (Lipinski definition) is 1. The summed E-state index contributed by atoms with van der Waals surface area (Å²) >= 11 is 5.17. The number of rotatable bonds is 3. The molecule has 0 aliphatic carbocycles. The first-order chi connectivity index (χ1) is 8.04. The van der Waals surface area contributed by atoms with E-state index in [0.29, 0.717) is 19.1 Å². The molecule has 2 fully saturated rings. The maximum absolute atomic E-state index is 10.9. The van der Waals surface area contributed by atoms with Crippen LogP contribution in [-0.4, -0.2) is 60.3 Å². The fourth-order valence-electron chi connectivity index (χ4n) is 2.37. The van der Waals surface area contributed by atoms with E-state index in [0.717, 1.165) is 39.1 Å². The van der Waals surface area contributed by atoms with Crippen LogP contribution in [0.5, 0.6) is 0 Å². The first kappa shape index (κ1) is 13.7. The molecule has 2 rings (SSSR count). The maximum Gasteiger partial charge on any atom is 0.438 e. The van der Waals surface area contributed by atoms with E-state index in [1.807, 2.05) is 0 Å².